The van der Waals surface area contributed by atoms with Gasteiger partial charge in [0, 0.05) is 25.0 Å². The van der Waals surface area contributed by atoms with Gasteiger partial charge < -0.3 is 10.2 Å². The number of rotatable bonds is 4. The standard InChI is InChI=1S/C15H26N2O/c18-15(13-5-6-13)17-9-7-14(8-10-17)16-11-12-3-1-2-4-12/h12-14,16H,1-11H2. The number of carbonyl (C=O) groups is 1. The van der Waals surface area contributed by atoms with E-state index in [4.69, 9.17) is 0 Å². The molecule has 0 aromatic carbocycles. The van der Waals surface area contributed by atoms with Gasteiger partial charge in [-0.25, -0.2) is 0 Å². The van der Waals surface area contributed by atoms with Crippen LogP contribution >= 0.6 is 0 Å². The van der Waals surface area contributed by atoms with Gasteiger partial charge in [-0.1, -0.05) is 12.8 Å². The summed E-state index contributed by atoms with van der Waals surface area (Å²) in [5, 5.41) is 3.73. The topological polar surface area (TPSA) is 32.3 Å². The van der Waals surface area contributed by atoms with E-state index in [1.165, 1.54) is 32.2 Å². The van der Waals surface area contributed by atoms with Crippen LogP contribution in [-0.2, 0) is 4.79 Å². The van der Waals surface area contributed by atoms with Gasteiger partial charge in [0.25, 0.3) is 0 Å². The van der Waals surface area contributed by atoms with Crippen LogP contribution in [0.4, 0.5) is 0 Å². The van der Waals surface area contributed by atoms with Gasteiger partial charge in [0.15, 0.2) is 0 Å². The number of hydrogen-bond acceptors (Lipinski definition) is 2. The SMILES string of the molecule is O=C(C1CC1)N1CCC(NCC2CCCC2)CC1. The number of carbonyl (C=O) groups excluding carboxylic acids is 1. The summed E-state index contributed by atoms with van der Waals surface area (Å²) in [6.07, 6.45) is 10.3. The lowest BCUT2D eigenvalue weighted by molar-refractivity contribution is -0.133. The van der Waals surface area contributed by atoms with E-state index in [9.17, 15) is 4.79 Å². The first-order valence-electron chi connectivity index (χ1n) is 7.85. The van der Waals surface area contributed by atoms with Gasteiger partial charge in [-0.3, -0.25) is 4.79 Å². The van der Waals surface area contributed by atoms with E-state index in [-0.39, 0.29) is 0 Å². The average molecular weight is 250 g/mol. The molecule has 1 amide bonds. The van der Waals surface area contributed by atoms with Crippen molar-refractivity contribution >= 4 is 5.91 Å². The van der Waals surface area contributed by atoms with Crippen LogP contribution in [0.15, 0.2) is 0 Å². The van der Waals surface area contributed by atoms with Crippen LogP contribution in [0.5, 0.6) is 0 Å². The highest BCUT2D eigenvalue weighted by Crippen LogP contribution is 2.32. The Morgan fingerprint density at radius 1 is 1.00 bits per heavy atom. The van der Waals surface area contributed by atoms with Gasteiger partial charge in [0.05, 0.1) is 0 Å². The van der Waals surface area contributed by atoms with E-state index in [0.29, 0.717) is 17.9 Å². The van der Waals surface area contributed by atoms with Crippen molar-refractivity contribution in [2.24, 2.45) is 11.8 Å². The fraction of sp³-hybridized carbons (Fsp3) is 0.933. The van der Waals surface area contributed by atoms with Crippen LogP contribution in [0.25, 0.3) is 0 Å². The van der Waals surface area contributed by atoms with Gasteiger partial charge in [-0.05, 0) is 51.0 Å². The van der Waals surface area contributed by atoms with Gasteiger partial charge in [0.1, 0.15) is 0 Å². The molecule has 0 radical (unpaired) electrons. The maximum Gasteiger partial charge on any atom is 0.225 e. The van der Waals surface area contributed by atoms with Gasteiger partial charge in [0.2, 0.25) is 5.91 Å². The molecule has 1 N–H and O–H groups in total. The number of likely N-dealkylation sites (tertiary alicyclic amines) is 1. The fourth-order valence-corrected chi connectivity index (χ4v) is 3.44. The molecule has 2 saturated carbocycles. The minimum absolute atomic E-state index is 0.396. The minimum atomic E-state index is 0.396. The molecular weight excluding hydrogens is 224 g/mol. The summed E-state index contributed by atoms with van der Waals surface area (Å²) in [7, 11) is 0. The quantitative estimate of drug-likeness (QED) is 0.829. The van der Waals surface area contributed by atoms with Crippen LogP contribution < -0.4 is 5.32 Å². The Balaban J connectivity index is 1.35. The number of amides is 1. The second-order valence-electron chi connectivity index (χ2n) is 6.43. The summed E-state index contributed by atoms with van der Waals surface area (Å²) in [6.45, 7) is 3.18. The number of nitrogens with one attached hydrogen (secondary N) is 1. The van der Waals surface area contributed by atoms with E-state index >= 15 is 0 Å². The summed E-state index contributed by atoms with van der Waals surface area (Å²) in [4.78, 5) is 14.0. The molecule has 2 aliphatic carbocycles. The molecule has 102 valence electrons. The van der Waals surface area contributed by atoms with Crippen molar-refractivity contribution in [3.63, 3.8) is 0 Å². The molecule has 3 aliphatic rings. The maximum absolute atomic E-state index is 11.9. The molecular formula is C15H26N2O. The van der Waals surface area contributed by atoms with E-state index in [0.717, 1.165) is 44.7 Å². The van der Waals surface area contributed by atoms with Crippen molar-refractivity contribution in [3.8, 4) is 0 Å². The lowest BCUT2D eigenvalue weighted by Gasteiger charge is -2.33. The smallest absolute Gasteiger partial charge is 0.225 e. The van der Waals surface area contributed by atoms with Gasteiger partial charge in [-0.2, -0.15) is 0 Å². The molecule has 0 spiro atoms. The molecule has 3 fully saturated rings. The number of piperidine rings is 1. The number of nitrogens with zero attached hydrogens (tertiary/aromatic N) is 1. The Hall–Kier alpha value is -0.570. The lowest BCUT2D eigenvalue weighted by atomic mass is 10.0. The second kappa shape index (κ2) is 5.60. The van der Waals surface area contributed by atoms with Crippen molar-refractivity contribution in [2.45, 2.75) is 57.4 Å². The molecule has 0 atom stereocenters. The first kappa shape index (κ1) is 12.5. The first-order valence-corrected chi connectivity index (χ1v) is 7.85. The van der Waals surface area contributed by atoms with Crippen LogP contribution in [0.1, 0.15) is 51.4 Å². The molecule has 18 heavy (non-hydrogen) atoms. The van der Waals surface area contributed by atoms with Crippen molar-refractivity contribution in [1.29, 1.82) is 0 Å². The molecule has 0 aromatic rings. The third kappa shape index (κ3) is 3.05. The monoisotopic (exact) mass is 250 g/mol. The molecule has 1 saturated heterocycles. The fourth-order valence-electron chi connectivity index (χ4n) is 3.44. The zero-order chi connectivity index (χ0) is 12.4. The molecule has 0 bridgehead atoms. The Kier molecular flexibility index (Phi) is 3.88. The normalized spacial score (nSPS) is 26.8. The van der Waals surface area contributed by atoms with E-state index in [1.807, 2.05) is 0 Å². The predicted octanol–water partition coefficient (Wildman–Crippen LogP) is 2.17. The second-order valence-corrected chi connectivity index (χ2v) is 6.43. The van der Waals surface area contributed by atoms with Crippen molar-refractivity contribution in [2.75, 3.05) is 19.6 Å². The maximum atomic E-state index is 11.9. The third-order valence-electron chi connectivity index (χ3n) is 4.90. The van der Waals surface area contributed by atoms with Crippen molar-refractivity contribution in [3.05, 3.63) is 0 Å². The lowest BCUT2D eigenvalue weighted by Crippen LogP contribution is -2.46. The van der Waals surface area contributed by atoms with Gasteiger partial charge in [-0.15, -0.1) is 0 Å². The molecule has 0 aromatic heterocycles. The molecule has 3 heteroatoms. The summed E-state index contributed by atoms with van der Waals surface area (Å²) in [5.74, 6) is 1.76. The van der Waals surface area contributed by atoms with Crippen LogP contribution in [0.2, 0.25) is 0 Å². The zero-order valence-corrected chi connectivity index (χ0v) is 11.4. The van der Waals surface area contributed by atoms with E-state index in [1.54, 1.807) is 0 Å². The van der Waals surface area contributed by atoms with Crippen molar-refractivity contribution in [1.82, 2.24) is 10.2 Å². The zero-order valence-electron chi connectivity index (χ0n) is 11.4. The van der Waals surface area contributed by atoms with E-state index in [2.05, 4.69) is 10.2 Å². The number of hydrogen-bond donors (Lipinski definition) is 1. The Morgan fingerprint density at radius 3 is 2.28 bits per heavy atom. The van der Waals surface area contributed by atoms with Gasteiger partial charge >= 0.3 is 0 Å². The highest BCUT2D eigenvalue weighted by atomic mass is 16.2. The molecule has 1 aliphatic heterocycles. The van der Waals surface area contributed by atoms with Crippen LogP contribution in [0.3, 0.4) is 0 Å². The highest BCUT2D eigenvalue weighted by Gasteiger charge is 2.34. The summed E-state index contributed by atoms with van der Waals surface area (Å²) < 4.78 is 0. The average Bonchev–Trinajstić information content (AvgIpc) is 3.13. The predicted molar refractivity (Wildman–Crippen MR) is 72.3 cm³/mol. The summed E-state index contributed by atoms with van der Waals surface area (Å²) in [6, 6.07) is 0.661. The molecule has 3 rings (SSSR count). The van der Waals surface area contributed by atoms with Crippen molar-refractivity contribution < 1.29 is 4.79 Å². The molecule has 1 heterocycles. The van der Waals surface area contributed by atoms with E-state index < -0.39 is 0 Å². The van der Waals surface area contributed by atoms with Crippen LogP contribution in [-0.4, -0.2) is 36.5 Å². The minimum Gasteiger partial charge on any atom is -0.342 e. The summed E-state index contributed by atoms with van der Waals surface area (Å²) >= 11 is 0. The molecule has 3 nitrogen and oxygen atoms in total. The Labute approximate surface area is 110 Å². The third-order valence-corrected chi connectivity index (χ3v) is 4.90. The Bertz CT molecular complexity index is 287. The summed E-state index contributed by atoms with van der Waals surface area (Å²) in [5.41, 5.74) is 0. The first-order chi connectivity index (χ1) is 8.83. The van der Waals surface area contributed by atoms with Crippen LogP contribution in [0, 0.1) is 11.8 Å². The molecule has 0 unspecified atom stereocenters. The largest absolute Gasteiger partial charge is 0.342 e. The highest BCUT2D eigenvalue weighted by molar-refractivity contribution is 5.81. The Morgan fingerprint density at radius 2 is 1.67 bits per heavy atom.